The summed E-state index contributed by atoms with van der Waals surface area (Å²) in [6, 6.07) is 21.4. The molecular formula is C40H47F3N2O7S2. The molecule has 4 aromatic rings. The van der Waals surface area contributed by atoms with Crippen molar-refractivity contribution >= 4 is 33.2 Å². The summed E-state index contributed by atoms with van der Waals surface area (Å²) in [5, 5.41) is 22.8. The molecule has 0 aliphatic rings. The van der Waals surface area contributed by atoms with Gasteiger partial charge in [0.05, 0.1) is 37.2 Å². The summed E-state index contributed by atoms with van der Waals surface area (Å²) in [5.74, 6) is -4.07. The number of halogens is 3. The third-order valence-electron chi connectivity index (χ3n) is 9.27. The zero-order valence-electron chi connectivity index (χ0n) is 30.8. The van der Waals surface area contributed by atoms with Crippen molar-refractivity contribution in [3.8, 4) is 0 Å². The lowest BCUT2D eigenvalue weighted by Gasteiger charge is -2.32. The molecule has 0 radical (unpaired) electrons. The number of sulfonamides is 1. The van der Waals surface area contributed by atoms with Crippen LogP contribution < -0.4 is 5.32 Å². The highest BCUT2D eigenvalue weighted by Crippen LogP contribution is 2.44. The number of hydrogen-bond acceptors (Lipinski definition) is 8. The normalized spacial score (nSPS) is 14.1. The molecule has 4 rings (SSSR count). The number of aliphatic hydroxyl groups is 2. The zero-order chi connectivity index (χ0) is 39.8. The molecule has 1 heterocycles. The maximum Gasteiger partial charge on any atom is 0.407 e. The number of hydrogen-bond donors (Lipinski definition) is 3. The van der Waals surface area contributed by atoms with Crippen LogP contribution in [0.15, 0.2) is 95.9 Å². The lowest BCUT2D eigenvalue weighted by molar-refractivity contribution is -0.156. The van der Waals surface area contributed by atoms with E-state index in [-0.39, 0.29) is 33.2 Å². The van der Waals surface area contributed by atoms with Gasteiger partial charge in [0.15, 0.2) is 5.78 Å². The number of nitrogens with one attached hydrogen (secondary N) is 1. The van der Waals surface area contributed by atoms with Crippen molar-refractivity contribution in [2.75, 3.05) is 20.3 Å². The summed E-state index contributed by atoms with van der Waals surface area (Å²) in [6.07, 6.45) is -6.58. The second-order valence-corrected chi connectivity index (χ2v) is 17.3. The first kappa shape index (κ1) is 42.7. The Balaban J connectivity index is 1.75. The lowest BCUT2D eigenvalue weighted by Crippen LogP contribution is -2.46. The number of ketones is 1. The van der Waals surface area contributed by atoms with E-state index in [0.717, 1.165) is 11.4 Å². The molecule has 3 N–H and O–H groups in total. The van der Waals surface area contributed by atoms with Crippen molar-refractivity contribution in [2.24, 2.45) is 5.41 Å². The molecule has 3 atom stereocenters. The number of thiophene rings is 1. The zero-order valence-corrected chi connectivity index (χ0v) is 32.5. The average molecular weight is 789 g/mol. The van der Waals surface area contributed by atoms with E-state index in [0.29, 0.717) is 40.0 Å². The van der Waals surface area contributed by atoms with Crippen molar-refractivity contribution < 1.29 is 46.1 Å². The summed E-state index contributed by atoms with van der Waals surface area (Å²) in [4.78, 5) is 26.5. The molecule has 0 saturated carbocycles. The van der Waals surface area contributed by atoms with Crippen molar-refractivity contribution in [1.29, 1.82) is 0 Å². The topological polar surface area (TPSA) is 133 Å². The predicted molar refractivity (Wildman–Crippen MR) is 202 cm³/mol. The fourth-order valence-corrected chi connectivity index (χ4v) is 9.22. The molecule has 0 spiro atoms. The van der Waals surface area contributed by atoms with E-state index in [2.05, 4.69) is 5.32 Å². The highest BCUT2D eigenvalue weighted by atomic mass is 32.2. The summed E-state index contributed by atoms with van der Waals surface area (Å²) in [7, 11) is -3.21. The van der Waals surface area contributed by atoms with Gasteiger partial charge in [0.25, 0.3) is 0 Å². The largest absolute Gasteiger partial charge is 0.453 e. The quantitative estimate of drug-likeness (QED) is 0.105. The molecule has 14 heteroatoms. The first-order valence-corrected chi connectivity index (χ1v) is 19.6. The van der Waals surface area contributed by atoms with E-state index in [1.807, 2.05) is 20.8 Å². The fraction of sp³-hybridized carbons (Fsp3) is 0.400. The number of ether oxygens (including phenoxy) is 1. The molecule has 9 nitrogen and oxygen atoms in total. The Kier molecular flexibility index (Phi) is 14.2. The van der Waals surface area contributed by atoms with Gasteiger partial charge in [-0.15, -0.1) is 11.3 Å². The molecule has 0 aliphatic carbocycles. The standard InChI is InChI=1S/C40H47F3N2O7S2/c1-26-22-30(17-16-29(26)24-46)54(50,51)45(21-20-39(2,3)4)32(25-47)35-19-18-34(53-35)31(40(41,42)43)23-33(48)37(44-38(49)52-5)36(27-12-8-6-9-13-27)28-14-10-7-11-15-28/h6-19,22,31-32,36-37,46-47H,20-21,23-25H2,1-5H3,(H,44,49)/t31-,32-,37-/m1/s1. The van der Waals surface area contributed by atoms with Gasteiger partial charge in [-0.05, 0) is 65.3 Å². The lowest BCUT2D eigenvalue weighted by atomic mass is 9.81. The molecule has 0 unspecified atom stereocenters. The SMILES string of the molecule is COC(=O)N[C@H](C(=O)C[C@H](c1ccc([C@@H](CO)N(CCC(C)(C)C)S(=O)(=O)c2ccc(CO)c(C)c2)s1)C(F)(F)F)C(c1ccccc1)c1ccccc1. The molecule has 54 heavy (non-hydrogen) atoms. The Morgan fingerprint density at radius 2 is 1.46 bits per heavy atom. The highest BCUT2D eigenvalue weighted by Gasteiger charge is 2.46. The smallest absolute Gasteiger partial charge is 0.407 e. The Morgan fingerprint density at radius 1 is 0.889 bits per heavy atom. The van der Waals surface area contributed by atoms with E-state index in [1.54, 1.807) is 67.6 Å². The first-order valence-electron chi connectivity index (χ1n) is 17.4. The monoisotopic (exact) mass is 788 g/mol. The van der Waals surface area contributed by atoms with Gasteiger partial charge in [-0.3, -0.25) is 4.79 Å². The van der Waals surface area contributed by atoms with Crippen LogP contribution in [0.1, 0.15) is 83.5 Å². The van der Waals surface area contributed by atoms with Crippen molar-refractivity contribution in [3.63, 3.8) is 0 Å². The van der Waals surface area contributed by atoms with Crippen LogP contribution in [0.25, 0.3) is 0 Å². The first-order chi connectivity index (χ1) is 25.4. The number of alkyl halides is 3. The Hall–Kier alpha value is -4.08. The highest BCUT2D eigenvalue weighted by molar-refractivity contribution is 7.89. The van der Waals surface area contributed by atoms with Crippen molar-refractivity contribution in [3.05, 3.63) is 123 Å². The van der Waals surface area contributed by atoms with E-state index in [4.69, 9.17) is 4.74 Å². The van der Waals surface area contributed by atoms with Crippen molar-refractivity contribution in [1.82, 2.24) is 9.62 Å². The van der Waals surface area contributed by atoms with Crippen LogP contribution in [0.4, 0.5) is 18.0 Å². The van der Waals surface area contributed by atoms with Gasteiger partial charge in [0.1, 0.15) is 6.04 Å². The molecule has 1 amide bonds. The number of alkyl carbamates (subject to hydrolysis) is 1. The van der Waals surface area contributed by atoms with Crippen LogP contribution >= 0.6 is 11.3 Å². The molecular weight excluding hydrogens is 742 g/mol. The number of methoxy groups -OCH3 is 1. The van der Waals surface area contributed by atoms with Crippen LogP contribution in [0.2, 0.25) is 0 Å². The minimum atomic E-state index is -4.92. The summed E-state index contributed by atoms with van der Waals surface area (Å²) >= 11 is 0.673. The Labute approximate surface area is 318 Å². The fourth-order valence-electron chi connectivity index (χ4n) is 6.23. The number of aliphatic hydroxyl groups excluding tert-OH is 2. The van der Waals surface area contributed by atoms with E-state index in [9.17, 15) is 41.4 Å². The maximum atomic E-state index is 15.0. The molecule has 0 aliphatic heterocycles. The second-order valence-electron chi connectivity index (χ2n) is 14.3. The van der Waals surface area contributed by atoms with E-state index < -0.39 is 65.0 Å². The Morgan fingerprint density at radius 3 is 1.94 bits per heavy atom. The van der Waals surface area contributed by atoms with Gasteiger partial charge in [-0.1, -0.05) is 87.5 Å². The molecule has 292 valence electrons. The average Bonchev–Trinajstić information content (AvgIpc) is 3.61. The predicted octanol–water partition coefficient (Wildman–Crippen LogP) is 7.87. The molecule has 3 aromatic carbocycles. The third-order valence-corrected chi connectivity index (χ3v) is 12.5. The van der Waals surface area contributed by atoms with E-state index >= 15 is 0 Å². The second kappa shape index (κ2) is 18.0. The molecule has 0 fully saturated rings. The number of nitrogens with zero attached hydrogens (tertiary/aromatic N) is 1. The van der Waals surface area contributed by atoms with Crippen molar-refractivity contribution in [2.45, 2.75) is 82.1 Å². The van der Waals surface area contributed by atoms with Gasteiger partial charge in [0.2, 0.25) is 10.0 Å². The Bertz CT molecular complexity index is 1920. The number of benzene rings is 3. The van der Waals surface area contributed by atoms with Crippen LogP contribution in [-0.4, -0.2) is 67.3 Å². The van der Waals surface area contributed by atoms with Gasteiger partial charge >= 0.3 is 12.3 Å². The maximum absolute atomic E-state index is 15.0. The van der Waals surface area contributed by atoms with Crippen LogP contribution in [0.3, 0.4) is 0 Å². The van der Waals surface area contributed by atoms with Crippen LogP contribution in [-0.2, 0) is 26.2 Å². The number of carbonyl (C=O) groups excluding carboxylic acids is 2. The third kappa shape index (κ3) is 10.6. The van der Waals surface area contributed by atoms with Crippen LogP contribution in [0.5, 0.6) is 0 Å². The van der Waals surface area contributed by atoms with Gasteiger partial charge in [-0.2, -0.15) is 17.5 Å². The minimum absolute atomic E-state index is 0.0481. The van der Waals surface area contributed by atoms with Gasteiger partial charge < -0.3 is 20.3 Å². The van der Waals surface area contributed by atoms with Crippen LogP contribution in [0, 0.1) is 12.3 Å². The molecule has 0 saturated heterocycles. The van der Waals surface area contributed by atoms with Gasteiger partial charge in [-0.25, -0.2) is 13.2 Å². The molecule has 1 aromatic heterocycles. The number of amides is 1. The molecule has 0 bridgehead atoms. The van der Waals surface area contributed by atoms with E-state index in [1.165, 1.54) is 30.3 Å². The number of aryl methyl sites for hydroxylation is 1. The number of carbonyl (C=O) groups is 2. The summed E-state index contributed by atoms with van der Waals surface area (Å²) in [5.41, 5.74) is 1.91. The summed E-state index contributed by atoms with van der Waals surface area (Å²) < 4.78 is 79.2. The summed E-state index contributed by atoms with van der Waals surface area (Å²) in [6.45, 7) is 6.35. The number of Topliss-reactive ketones (excluding diaryl/α,β-unsaturated/α-hetero) is 1. The minimum Gasteiger partial charge on any atom is -0.453 e. The van der Waals surface area contributed by atoms with Gasteiger partial charge in [0, 0.05) is 28.6 Å². The number of rotatable bonds is 16.